The Balaban J connectivity index is 1.65. The fraction of sp³-hybridized carbons (Fsp3) is 0.310. The van der Waals surface area contributed by atoms with Gasteiger partial charge in [-0.15, -0.1) is 0 Å². The number of carbonyl (C=O) groups is 1. The molecule has 0 aromatic heterocycles. The van der Waals surface area contributed by atoms with Crippen LogP contribution in [0.1, 0.15) is 61.1 Å². The number of aryl methyl sites for hydroxylation is 1. The van der Waals surface area contributed by atoms with Crippen LogP contribution in [0, 0.1) is 12.8 Å². The average molecular weight is 408 g/mol. The first-order chi connectivity index (χ1) is 14.8. The second-order valence-corrected chi connectivity index (χ2v) is 9.96. The smallest absolute Gasteiger partial charge is 0.186 e. The molecule has 1 heterocycles. The number of ketones is 1. The summed E-state index contributed by atoms with van der Waals surface area (Å²) in [6, 6.07) is 19.3. The van der Waals surface area contributed by atoms with Gasteiger partial charge in [0.1, 0.15) is 5.71 Å². The Bertz CT molecular complexity index is 1260. The highest BCUT2D eigenvalue weighted by molar-refractivity contribution is 6.48. The van der Waals surface area contributed by atoms with Crippen molar-refractivity contribution >= 4 is 17.2 Å². The van der Waals surface area contributed by atoms with Crippen LogP contribution in [0.15, 0.2) is 59.6 Å². The van der Waals surface area contributed by atoms with Crippen molar-refractivity contribution in [3.8, 4) is 11.1 Å². The Morgan fingerprint density at radius 1 is 1.00 bits per heavy atom. The number of aliphatic imine (C=N–C) groups is 1. The van der Waals surface area contributed by atoms with Crippen LogP contribution >= 0.6 is 0 Å². The molecule has 3 aromatic rings. The van der Waals surface area contributed by atoms with E-state index < -0.39 is 0 Å². The summed E-state index contributed by atoms with van der Waals surface area (Å²) < 4.78 is 0. The van der Waals surface area contributed by atoms with Crippen LogP contribution < -0.4 is 0 Å². The first kappa shape index (κ1) is 19.9. The number of carbonyl (C=O) groups excluding carboxylic acids is 1. The van der Waals surface area contributed by atoms with Crippen LogP contribution in [0.5, 0.6) is 0 Å². The quantitative estimate of drug-likeness (QED) is 0.472. The molecule has 0 fully saturated rings. The number of Topliss-reactive ketones (excluding diaryl/α,β-unsaturated/α-hetero) is 1. The fourth-order valence-electron chi connectivity index (χ4n) is 5.38. The Hall–Kier alpha value is -3.00. The molecule has 2 aliphatic rings. The molecule has 0 bridgehead atoms. The number of benzene rings is 3. The van der Waals surface area contributed by atoms with Crippen LogP contribution in [0.3, 0.4) is 0 Å². The molecule has 5 rings (SSSR count). The third-order valence-corrected chi connectivity index (χ3v) is 6.86. The Morgan fingerprint density at radius 2 is 1.77 bits per heavy atom. The zero-order chi connectivity index (χ0) is 21.9. The monoisotopic (exact) mass is 407 g/mol. The summed E-state index contributed by atoms with van der Waals surface area (Å²) in [7, 11) is 0. The van der Waals surface area contributed by atoms with Crippen molar-refractivity contribution in [1.29, 1.82) is 0 Å². The number of hydrogen-bond acceptors (Lipinski definition) is 2. The van der Waals surface area contributed by atoms with Crippen molar-refractivity contribution in [3.63, 3.8) is 0 Å². The fourth-order valence-corrected chi connectivity index (χ4v) is 5.38. The lowest BCUT2D eigenvalue weighted by Crippen LogP contribution is -2.23. The third kappa shape index (κ3) is 3.08. The van der Waals surface area contributed by atoms with E-state index in [1.807, 2.05) is 6.07 Å². The van der Waals surface area contributed by atoms with Gasteiger partial charge in [0, 0.05) is 17.4 Å². The highest BCUT2D eigenvalue weighted by Gasteiger charge is 2.37. The SMILES string of the molecule is Cc1cc(C2=Nc3cccc(CC(C)C)c3CC2=O)cc2c1-c1ccccc1C2(C)C. The molecule has 1 aliphatic carbocycles. The number of hydrogen-bond donors (Lipinski definition) is 0. The Labute approximate surface area is 185 Å². The predicted octanol–water partition coefficient (Wildman–Crippen LogP) is 6.75. The van der Waals surface area contributed by atoms with E-state index in [0.717, 1.165) is 23.2 Å². The molecule has 0 atom stereocenters. The third-order valence-electron chi connectivity index (χ3n) is 6.86. The summed E-state index contributed by atoms with van der Waals surface area (Å²) in [6.07, 6.45) is 1.42. The minimum atomic E-state index is -0.0900. The van der Waals surface area contributed by atoms with Gasteiger partial charge in [-0.05, 0) is 76.4 Å². The Kier molecular flexibility index (Phi) is 4.51. The molecule has 2 heteroatoms. The van der Waals surface area contributed by atoms with E-state index in [1.54, 1.807) is 0 Å². The van der Waals surface area contributed by atoms with Crippen LogP contribution in [0.25, 0.3) is 11.1 Å². The van der Waals surface area contributed by atoms with Crippen molar-refractivity contribution in [3.05, 3.63) is 88.0 Å². The van der Waals surface area contributed by atoms with Crippen LogP contribution in [-0.2, 0) is 23.1 Å². The normalized spacial score (nSPS) is 16.1. The van der Waals surface area contributed by atoms with Crippen LogP contribution in [0.4, 0.5) is 5.69 Å². The van der Waals surface area contributed by atoms with Crippen LogP contribution in [-0.4, -0.2) is 11.5 Å². The zero-order valence-corrected chi connectivity index (χ0v) is 19.0. The topological polar surface area (TPSA) is 29.4 Å². The van der Waals surface area contributed by atoms with Crippen molar-refractivity contribution in [2.24, 2.45) is 10.9 Å². The molecule has 156 valence electrons. The standard InChI is InChI=1S/C29H29NO/c1-17(2)13-19-9-8-12-25-22(19)16-26(31)28(30-25)20-14-18(3)27-21-10-6-7-11-23(21)29(4,5)24(27)15-20/h6-12,14-15,17H,13,16H2,1-5H3. The molecule has 0 spiro atoms. The van der Waals surface area contributed by atoms with Crippen molar-refractivity contribution in [2.75, 3.05) is 0 Å². The number of fused-ring (bicyclic) bond motifs is 4. The maximum atomic E-state index is 13.3. The highest BCUT2D eigenvalue weighted by atomic mass is 16.1. The summed E-state index contributed by atoms with van der Waals surface area (Å²) in [5.41, 5.74) is 11.3. The lowest BCUT2D eigenvalue weighted by Gasteiger charge is -2.23. The van der Waals surface area contributed by atoms with Crippen LogP contribution in [0.2, 0.25) is 0 Å². The molecule has 0 amide bonds. The molecular weight excluding hydrogens is 378 g/mol. The predicted molar refractivity (Wildman–Crippen MR) is 129 cm³/mol. The number of rotatable bonds is 3. The summed E-state index contributed by atoms with van der Waals surface area (Å²) in [5, 5.41) is 0. The molecule has 0 N–H and O–H groups in total. The molecule has 31 heavy (non-hydrogen) atoms. The maximum Gasteiger partial charge on any atom is 0.186 e. The second-order valence-electron chi connectivity index (χ2n) is 9.96. The van der Waals surface area contributed by atoms with E-state index in [0.29, 0.717) is 18.1 Å². The first-order valence-corrected chi connectivity index (χ1v) is 11.3. The Morgan fingerprint density at radius 3 is 2.55 bits per heavy atom. The lowest BCUT2D eigenvalue weighted by atomic mass is 9.80. The van der Waals surface area contributed by atoms with E-state index >= 15 is 0 Å². The second kappa shape index (κ2) is 7.02. The van der Waals surface area contributed by atoms with E-state index in [1.165, 1.54) is 33.4 Å². The largest absolute Gasteiger partial charge is 0.292 e. The summed E-state index contributed by atoms with van der Waals surface area (Å²) >= 11 is 0. The summed E-state index contributed by atoms with van der Waals surface area (Å²) in [4.78, 5) is 18.2. The van der Waals surface area contributed by atoms with Crippen molar-refractivity contribution < 1.29 is 4.79 Å². The zero-order valence-electron chi connectivity index (χ0n) is 19.0. The number of nitrogens with zero attached hydrogens (tertiary/aromatic N) is 1. The maximum absolute atomic E-state index is 13.3. The van der Waals surface area contributed by atoms with Gasteiger partial charge in [-0.2, -0.15) is 0 Å². The highest BCUT2D eigenvalue weighted by Crippen LogP contribution is 2.50. The van der Waals surface area contributed by atoms with E-state index in [4.69, 9.17) is 4.99 Å². The van der Waals surface area contributed by atoms with Gasteiger partial charge in [0.05, 0.1) is 5.69 Å². The van der Waals surface area contributed by atoms with Gasteiger partial charge in [-0.25, -0.2) is 4.99 Å². The van der Waals surface area contributed by atoms with Gasteiger partial charge >= 0.3 is 0 Å². The van der Waals surface area contributed by atoms with Gasteiger partial charge < -0.3 is 0 Å². The summed E-state index contributed by atoms with van der Waals surface area (Å²) in [5.74, 6) is 0.673. The molecule has 0 saturated heterocycles. The van der Waals surface area contributed by atoms with Gasteiger partial charge in [0.15, 0.2) is 5.78 Å². The molecular formula is C29H29NO. The minimum Gasteiger partial charge on any atom is -0.292 e. The van der Waals surface area contributed by atoms with Gasteiger partial charge in [-0.1, -0.05) is 64.1 Å². The first-order valence-electron chi connectivity index (χ1n) is 11.3. The molecule has 0 unspecified atom stereocenters. The van der Waals surface area contributed by atoms with E-state index in [9.17, 15) is 4.79 Å². The molecule has 0 saturated carbocycles. The van der Waals surface area contributed by atoms with E-state index in [-0.39, 0.29) is 11.2 Å². The molecule has 2 nitrogen and oxygen atoms in total. The average Bonchev–Trinajstić information content (AvgIpc) is 2.95. The van der Waals surface area contributed by atoms with Gasteiger partial charge in [0.25, 0.3) is 0 Å². The lowest BCUT2D eigenvalue weighted by molar-refractivity contribution is -0.112. The van der Waals surface area contributed by atoms with Gasteiger partial charge in [-0.3, -0.25) is 4.79 Å². The van der Waals surface area contributed by atoms with Crippen molar-refractivity contribution in [1.82, 2.24) is 0 Å². The van der Waals surface area contributed by atoms with E-state index in [2.05, 4.69) is 83.1 Å². The van der Waals surface area contributed by atoms with Crippen molar-refractivity contribution in [2.45, 2.75) is 52.9 Å². The summed E-state index contributed by atoms with van der Waals surface area (Å²) in [6.45, 7) is 11.1. The minimum absolute atomic E-state index is 0.0900. The molecule has 0 radical (unpaired) electrons. The molecule has 1 aliphatic heterocycles. The molecule has 3 aromatic carbocycles. The van der Waals surface area contributed by atoms with Gasteiger partial charge in [0.2, 0.25) is 0 Å².